The van der Waals surface area contributed by atoms with Crippen LogP contribution in [0.15, 0.2) is 60.0 Å². The van der Waals surface area contributed by atoms with Crippen LogP contribution in [0.3, 0.4) is 0 Å². The number of benzene rings is 2. The largest absolute Gasteiger partial charge is 0.447 e. The number of aliphatic imine (C=N–C) groups is 1. The first-order chi connectivity index (χ1) is 24.8. The van der Waals surface area contributed by atoms with E-state index in [9.17, 15) is 40.3 Å². The average Bonchev–Trinajstić information content (AvgIpc) is 3.77. The number of guanidine groups is 1. The molecule has 0 aliphatic heterocycles. The molecule has 4 rings (SSSR count). The van der Waals surface area contributed by atoms with Crippen molar-refractivity contribution in [3.8, 4) is 22.6 Å². The number of hydrogen-bond donors (Lipinski definition) is 2. The summed E-state index contributed by atoms with van der Waals surface area (Å²) < 4.78 is 98.8. The molecule has 2 aromatic heterocycles. The van der Waals surface area contributed by atoms with Gasteiger partial charge in [0.05, 0.1) is 17.3 Å². The van der Waals surface area contributed by atoms with Crippen LogP contribution >= 0.6 is 11.6 Å². The minimum atomic E-state index is -4.81. The van der Waals surface area contributed by atoms with E-state index in [4.69, 9.17) is 22.1 Å². The van der Waals surface area contributed by atoms with Crippen LogP contribution in [0.25, 0.3) is 22.6 Å². The van der Waals surface area contributed by atoms with Gasteiger partial charge in [-0.15, -0.1) is 9.90 Å². The second-order valence-electron chi connectivity index (χ2n) is 12.7. The van der Waals surface area contributed by atoms with Crippen LogP contribution in [0.4, 0.5) is 35.5 Å². The van der Waals surface area contributed by atoms with E-state index in [1.807, 2.05) is 20.8 Å². The Morgan fingerprint density at radius 2 is 1.72 bits per heavy atom. The zero-order chi connectivity index (χ0) is 39.2. The van der Waals surface area contributed by atoms with Gasteiger partial charge in [-0.2, -0.15) is 45.6 Å². The van der Waals surface area contributed by atoms with Crippen LogP contribution in [0.1, 0.15) is 69.2 Å². The van der Waals surface area contributed by atoms with E-state index in [1.165, 1.54) is 42.5 Å². The van der Waals surface area contributed by atoms with Gasteiger partial charge in [-0.3, -0.25) is 14.7 Å². The van der Waals surface area contributed by atoms with Crippen LogP contribution in [-0.4, -0.2) is 78.0 Å². The summed E-state index contributed by atoms with van der Waals surface area (Å²) in [6.07, 6.45) is -3.85. The molecule has 4 aromatic rings. The molecule has 0 saturated heterocycles. The van der Waals surface area contributed by atoms with Gasteiger partial charge in [-0.05, 0) is 48.6 Å². The second kappa shape index (κ2) is 16.6. The maximum absolute atomic E-state index is 14.4. The first kappa shape index (κ1) is 40.5. The summed E-state index contributed by atoms with van der Waals surface area (Å²) in [5, 5.41) is 12.3. The second-order valence-corrected chi connectivity index (χ2v) is 13.1. The van der Waals surface area contributed by atoms with Gasteiger partial charge in [0.25, 0.3) is 5.91 Å². The van der Waals surface area contributed by atoms with Gasteiger partial charge in [-0.1, -0.05) is 50.6 Å². The average molecular weight is 775 g/mol. The van der Waals surface area contributed by atoms with E-state index in [-0.39, 0.29) is 54.7 Å². The van der Waals surface area contributed by atoms with Crippen LogP contribution < -0.4 is 11.1 Å². The van der Waals surface area contributed by atoms with E-state index >= 15 is 0 Å². The lowest BCUT2D eigenvalue weighted by atomic mass is 9.92. The fourth-order valence-corrected chi connectivity index (χ4v) is 4.90. The fraction of sp³-hybridized carbons (Fsp3) is 0.406. The van der Waals surface area contributed by atoms with Crippen molar-refractivity contribution in [1.82, 2.24) is 40.0 Å². The Hall–Kier alpha value is -5.27. The van der Waals surface area contributed by atoms with E-state index in [1.54, 1.807) is 5.32 Å². The Kier molecular flexibility index (Phi) is 12.7. The van der Waals surface area contributed by atoms with Crippen LogP contribution in [0, 0.1) is 5.41 Å². The quantitative estimate of drug-likeness (QED) is 0.0865. The molecule has 0 unspecified atom stereocenters. The van der Waals surface area contributed by atoms with Gasteiger partial charge in [0.2, 0.25) is 0 Å². The van der Waals surface area contributed by atoms with Crippen molar-refractivity contribution in [1.29, 1.82) is 0 Å². The summed E-state index contributed by atoms with van der Waals surface area (Å²) in [4.78, 5) is 36.3. The summed E-state index contributed by atoms with van der Waals surface area (Å²) in [6, 6.07) is 5.57. The number of carbonyl (C=O) groups is 2. The lowest BCUT2D eigenvalue weighted by Gasteiger charge is -2.32. The van der Waals surface area contributed by atoms with Gasteiger partial charge in [0.15, 0.2) is 11.8 Å². The fourth-order valence-electron chi connectivity index (χ4n) is 4.69. The van der Waals surface area contributed by atoms with Crippen LogP contribution in [0.2, 0.25) is 5.02 Å². The smallest absolute Gasteiger partial charge is 0.408 e. The van der Waals surface area contributed by atoms with Crippen molar-refractivity contribution in [2.45, 2.75) is 65.5 Å². The highest BCUT2D eigenvalue weighted by atomic mass is 35.5. The molecular weight excluding hydrogens is 741 g/mol. The number of nitrogens with zero attached hydrogens (tertiary/aromatic N) is 8. The number of nitrogens with one attached hydrogen (secondary N) is 1. The van der Waals surface area contributed by atoms with Gasteiger partial charge in [-0.25, -0.2) is 9.78 Å². The lowest BCUT2D eigenvalue weighted by Crippen LogP contribution is -2.47. The third kappa shape index (κ3) is 10.4. The molecule has 0 spiro atoms. The Bertz CT molecular complexity index is 1910. The van der Waals surface area contributed by atoms with Crippen molar-refractivity contribution < 1.29 is 45.1 Å². The number of nitrogens with two attached hydrogens (primary N) is 1. The highest BCUT2D eigenvalue weighted by Crippen LogP contribution is 2.34. The number of alkyl carbamates (subject to hydrolysis) is 1. The number of hydrogen-bond acceptors (Lipinski definition) is 8. The van der Waals surface area contributed by atoms with Crippen molar-refractivity contribution >= 4 is 29.6 Å². The summed E-state index contributed by atoms with van der Waals surface area (Å²) in [5.74, 6) is -1.62. The number of aromatic nitrogens is 6. The predicted molar refractivity (Wildman–Crippen MR) is 178 cm³/mol. The molecule has 0 aliphatic carbocycles. The molecule has 286 valence electrons. The lowest BCUT2D eigenvalue weighted by molar-refractivity contribution is -0.150. The number of amides is 2. The van der Waals surface area contributed by atoms with Crippen molar-refractivity contribution in [2.75, 3.05) is 13.2 Å². The molecule has 2 heterocycles. The number of carbonyl (C=O) groups excluding carboxylic acids is 2. The zero-order valence-corrected chi connectivity index (χ0v) is 29.3. The molecule has 0 bridgehead atoms. The van der Waals surface area contributed by atoms with E-state index < -0.39 is 55.9 Å². The SMILES string of the molecule is C[C@H](NC(=O)OC[C@H](c1ccc(Cl)c(-c2ncnn2C(F)F)c1)N(C(=O)c1ccc(-c2cnn(C(F)F)n2)cc1)C(N)=NCCC(C)(C)C)C(F)(F)F. The maximum Gasteiger partial charge on any atom is 0.408 e. The first-order valence-electron chi connectivity index (χ1n) is 15.7. The molecule has 0 saturated carbocycles. The van der Waals surface area contributed by atoms with Gasteiger partial charge < -0.3 is 15.8 Å². The van der Waals surface area contributed by atoms with Gasteiger partial charge >= 0.3 is 25.4 Å². The summed E-state index contributed by atoms with van der Waals surface area (Å²) in [6.45, 7) is -0.326. The molecule has 2 atom stereocenters. The molecular formula is C32H34ClF7N10O3. The van der Waals surface area contributed by atoms with Crippen LogP contribution in [-0.2, 0) is 4.74 Å². The molecule has 2 amide bonds. The van der Waals surface area contributed by atoms with Crippen molar-refractivity contribution in [3.63, 3.8) is 0 Å². The molecule has 53 heavy (non-hydrogen) atoms. The Morgan fingerprint density at radius 1 is 1.04 bits per heavy atom. The minimum Gasteiger partial charge on any atom is -0.447 e. The van der Waals surface area contributed by atoms with E-state index in [0.717, 1.165) is 17.4 Å². The summed E-state index contributed by atoms with van der Waals surface area (Å²) >= 11 is 6.38. The van der Waals surface area contributed by atoms with Crippen molar-refractivity contribution in [3.05, 3.63) is 71.1 Å². The van der Waals surface area contributed by atoms with Crippen molar-refractivity contribution in [2.24, 2.45) is 16.1 Å². The topological polar surface area (TPSA) is 158 Å². The molecule has 0 radical (unpaired) electrons. The van der Waals surface area contributed by atoms with Crippen LogP contribution in [0.5, 0.6) is 0 Å². The molecule has 0 fully saturated rings. The Balaban J connectivity index is 1.82. The number of ether oxygens (including phenoxy) is 1. The highest BCUT2D eigenvalue weighted by molar-refractivity contribution is 6.33. The maximum atomic E-state index is 14.4. The Labute approximate surface area is 303 Å². The predicted octanol–water partition coefficient (Wildman–Crippen LogP) is 7.26. The number of rotatable bonds is 12. The first-order valence-corrected chi connectivity index (χ1v) is 16.1. The third-order valence-electron chi connectivity index (χ3n) is 7.60. The van der Waals surface area contributed by atoms with E-state index in [2.05, 4.69) is 25.3 Å². The standard InChI is InChI=1S/C32H34ClF7N10O3/c1-17(32(38,39)40)46-30(52)53-15-24(20-9-10-22(33)21(13-20)25-43-16-45-49(25)27(34)35)48(29(41)42-12-11-31(2,3)4)26(51)19-7-5-18(6-8-19)23-14-44-50(47-23)28(36)37/h5-10,13-14,16-17,24,27-28H,11-12,15H2,1-4H3,(H2,41,42)(H,46,52)/t17-,24+/m0/s1. The molecule has 0 aliphatic rings. The number of halogens is 8. The molecule has 21 heteroatoms. The Morgan fingerprint density at radius 3 is 2.30 bits per heavy atom. The van der Waals surface area contributed by atoms with Gasteiger partial charge in [0, 0.05) is 23.2 Å². The van der Waals surface area contributed by atoms with E-state index in [0.29, 0.717) is 18.9 Å². The monoisotopic (exact) mass is 774 g/mol. The molecule has 13 nitrogen and oxygen atoms in total. The third-order valence-corrected chi connectivity index (χ3v) is 7.92. The normalized spacial score (nSPS) is 13.7. The zero-order valence-electron chi connectivity index (χ0n) is 28.5. The summed E-state index contributed by atoms with van der Waals surface area (Å²) in [5.41, 5.74) is 6.55. The highest BCUT2D eigenvalue weighted by Gasteiger charge is 2.38. The molecule has 2 aromatic carbocycles. The molecule has 3 N–H and O–H groups in total. The number of alkyl halides is 7. The van der Waals surface area contributed by atoms with Gasteiger partial charge in [0.1, 0.15) is 24.7 Å². The summed E-state index contributed by atoms with van der Waals surface area (Å²) in [7, 11) is 0. The minimum absolute atomic E-state index is 0.0456.